The normalized spacial score (nSPS) is 15.8. The summed E-state index contributed by atoms with van der Waals surface area (Å²) >= 11 is 0. The Morgan fingerprint density at radius 3 is 2.45 bits per heavy atom. The number of anilines is 1. The van der Waals surface area contributed by atoms with Crippen molar-refractivity contribution in [3.63, 3.8) is 0 Å². The van der Waals surface area contributed by atoms with Gasteiger partial charge in [-0.3, -0.25) is 4.90 Å². The molecule has 31 heavy (non-hydrogen) atoms. The van der Waals surface area contributed by atoms with Gasteiger partial charge in [0.1, 0.15) is 17.6 Å². The van der Waals surface area contributed by atoms with Gasteiger partial charge in [0.2, 0.25) is 0 Å². The van der Waals surface area contributed by atoms with E-state index in [0.717, 1.165) is 49.0 Å². The molecule has 0 aliphatic carbocycles. The molecule has 0 bridgehead atoms. The van der Waals surface area contributed by atoms with E-state index < -0.39 is 0 Å². The topological polar surface area (TPSA) is 68.5 Å². The van der Waals surface area contributed by atoms with Crippen LogP contribution in [0.3, 0.4) is 0 Å². The van der Waals surface area contributed by atoms with Crippen LogP contribution in [0, 0.1) is 5.82 Å². The van der Waals surface area contributed by atoms with Gasteiger partial charge < -0.3 is 14.4 Å². The summed E-state index contributed by atoms with van der Waals surface area (Å²) in [6.45, 7) is 4.33. The van der Waals surface area contributed by atoms with E-state index in [1.807, 2.05) is 30.3 Å². The number of hydrogen-bond acceptors (Lipinski definition) is 7. The molecule has 4 rings (SSSR count). The van der Waals surface area contributed by atoms with Gasteiger partial charge in [-0.15, -0.1) is 5.10 Å². The fourth-order valence-corrected chi connectivity index (χ4v) is 4.03. The first-order valence-corrected chi connectivity index (χ1v) is 10.3. The molecule has 0 radical (unpaired) electrons. The highest BCUT2D eigenvalue weighted by atomic mass is 19.1. The summed E-state index contributed by atoms with van der Waals surface area (Å²) in [4.78, 5) is 4.63. The molecular weight excluding hydrogens is 399 g/mol. The first kappa shape index (κ1) is 21.2. The van der Waals surface area contributed by atoms with Crippen molar-refractivity contribution in [2.75, 3.05) is 51.9 Å². The predicted molar refractivity (Wildman–Crippen MR) is 115 cm³/mol. The maximum Gasteiger partial charge on any atom is 0.173 e. The van der Waals surface area contributed by atoms with Gasteiger partial charge in [0, 0.05) is 44.5 Å². The van der Waals surface area contributed by atoms with E-state index in [2.05, 4.69) is 31.4 Å². The molecule has 0 unspecified atom stereocenters. The summed E-state index contributed by atoms with van der Waals surface area (Å²) in [6.07, 6.45) is 0. The van der Waals surface area contributed by atoms with Crippen LogP contribution in [-0.4, -0.2) is 72.1 Å². The molecule has 0 spiro atoms. The summed E-state index contributed by atoms with van der Waals surface area (Å²) in [5.74, 6) is 1.34. The average molecular weight is 426 g/mol. The molecule has 3 aromatic rings. The van der Waals surface area contributed by atoms with E-state index in [9.17, 15) is 4.39 Å². The number of benzene rings is 2. The van der Waals surface area contributed by atoms with E-state index in [0.29, 0.717) is 13.2 Å². The number of methoxy groups -OCH3 is 2. The van der Waals surface area contributed by atoms with Crippen LogP contribution in [0.5, 0.6) is 5.75 Å². The second-order valence-corrected chi connectivity index (χ2v) is 7.40. The summed E-state index contributed by atoms with van der Waals surface area (Å²) in [6, 6.07) is 14.5. The number of hydrogen-bond donors (Lipinski definition) is 0. The van der Waals surface area contributed by atoms with Crippen LogP contribution in [0.4, 0.5) is 10.1 Å². The van der Waals surface area contributed by atoms with Crippen molar-refractivity contribution >= 4 is 5.69 Å². The Morgan fingerprint density at radius 1 is 1.00 bits per heavy atom. The number of piperazine rings is 1. The molecule has 2 heterocycles. The minimum Gasteiger partial charge on any atom is -0.496 e. The van der Waals surface area contributed by atoms with Gasteiger partial charge in [-0.05, 0) is 40.8 Å². The van der Waals surface area contributed by atoms with Crippen molar-refractivity contribution in [3.8, 4) is 5.75 Å². The van der Waals surface area contributed by atoms with Gasteiger partial charge in [0.15, 0.2) is 5.82 Å². The molecule has 1 aromatic heterocycles. The van der Waals surface area contributed by atoms with Crippen LogP contribution in [0.25, 0.3) is 0 Å². The van der Waals surface area contributed by atoms with E-state index in [4.69, 9.17) is 9.47 Å². The van der Waals surface area contributed by atoms with Crippen LogP contribution < -0.4 is 9.64 Å². The van der Waals surface area contributed by atoms with Crippen molar-refractivity contribution in [2.24, 2.45) is 0 Å². The predicted octanol–water partition coefficient (Wildman–Crippen LogP) is 2.38. The molecule has 2 aromatic carbocycles. The van der Waals surface area contributed by atoms with Gasteiger partial charge >= 0.3 is 0 Å². The third kappa shape index (κ3) is 4.67. The lowest BCUT2D eigenvalue weighted by molar-refractivity contribution is 0.171. The Kier molecular flexibility index (Phi) is 6.73. The third-order valence-electron chi connectivity index (χ3n) is 5.62. The van der Waals surface area contributed by atoms with Crippen molar-refractivity contribution in [2.45, 2.75) is 12.6 Å². The number of ether oxygens (including phenoxy) is 2. The number of tetrazole rings is 1. The lowest BCUT2D eigenvalue weighted by Crippen LogP contribution is -2.48. The molecule has 0 amide bonds. The van der Waals surface area contributed by atoms with Crippen LogP contribution in [0.2, 0.25) is 0 Å². The van der Waals surface area contributed by atoms with E-state index in [1.165, 1.54) is 12.1 Å². The number of rotatable bonds is 8. The monoisotopic (exact) mass is 426 g/mol. The molecule has 1 atom stereocenters. The van der Waals surface area contributed by atoms with Gasteiger partial charge in [-0.25, -0.2) is 9.07 Å². The van der Waals surface area contributed by atoms with E-state index in [-0.39, 0.29) is 11.9 Å². The lowest BCUT2D eigenvalue weighted by atomic mass is 10.0. The largest absolute Gasteiger partial charge is 0.496 e. The van der Waals surface area contributed by atoms with E-state index >= 15 is 0 Å². The number of halogens is 1. The Bertz CT molecular complexity index is 972. The maximum atomic E-state index is 13.3. The van der Waals surface area contributed by atoms with E-state index in [1.54, 1.807) is 18.9 Å². The molecule has 9 heteroatoms. The zero-order valence-corrected chi connectivity index (χ0v) is 17.8. The highest BCUT2D eigenvalue weighted by Gasteiger charge is 2.32. The fraction of sp³-hybridized carbons (Fsp3) is 0.409. The van der Waals surface area contributed by atoms with Crippen LogP contribution in [0.15, 0.2) is 48.5 Å². The third-order valence-corrected chi connectivity index (χ3v) is 5.62. The second-order valence-electron chi connectivity index (χ2n) is 7.40. The molecular formula is C22H27FN6O2. The summed E-state index contributed by atoms with van der Waals surface area (Å²) in [5, 5.41) is 12.5. The lowest BCUT2D eigenvalue weighted by Gasteiger charge is -2.40. The maximum absolute atomic E-state index is 13.3. The standard InChI is InChI=1S/C22H27FN6O2/c1-30-16-15-29-22(24-25-26-29)21(19-5-3-4-6-20(19)31-2)28-13-11-27(12-14-28)18-9-7-17(23)8-10-18/h3-10,21H,11-16H2,1-2H3/t21-/m0/s1. The highest BCUT2D eigenvalue weighted by molar-refractivity contribution is 5.47. The van der Waals surface area contributed by atoms with Crippen LogP contribution in [-0.2, 0) is 11.3 Å². The molecule has 0 N–H and O–H groups in total. The molecule has 1 fully saturated rings. The van der Waals surface area contributed by atoms with Gasteiger partial charge in [0.25, 0.3) is 0 Å². The van der Waals surface area contributed by atoms with Gasteiger partial charge in [0.05, 0.1) is 20.3 Å². The minimum absolute atomic E-state index is 0.154. The van der Waals surface area contributed by atoms with Crippen LogP contribution >= 0.6 is 0 Å². The smallest absolute Gasteiger partial charge is 0.173 e. The van der Waals surface area contributed by atoms with Crippen LogP contribution in [0.1, 0.15) is 17.4 Å². The first-order valence-electron chi connectivity index (χ1n) is 10.3. The average Bonchev–Trinajstić information content (AvgIpc) is 3.27. The first-order chi connectivity index (χ1) is 15.2. The Morgan fingerprint density at radius 2 is 1.74 bits per heavy atom. The zero-order chi connectivity index (χ0) is 21.6. The van der Waals surface area contributed by atoms with Crippen molar-refractivity contribution < 1.29 is 13.9 Å². The molecule has 1 saturated heterocycles. The molecule has 1 aliphatic heterocycles. The summed E-state index contributed by atoms with van der Waals surface area (Å²) < 4.78 is 26.0. The summed E-state index contributed by atoms with van der Waals surface area (Å²) in [5.41, 5.74) is 2.05. The molecule has 164 valence electrons. The summed E-state index contributed by atoms with van der Waals surface area (Å²) in [7, 11) is 3.34. The number of nitrogens with zero attached hydrogens (tertiary/aromatic N) is 6. The molecule has 1 aliphatic rings. The van der Waals surface area contributed by atoms with Crippen molar-refractivity contribution in [1.82, 2.24) is 25.1 Å². The molecule has 8 nitrogen and oxygen atoms in total. The minimum atomic E-state index is -0.221. The van der Waals surface area contributed by atoms with Crippen molar-refractivity contribution in [1.29, 1.82) is 0 Å². The SMILES string of the molecule is COCCn1nnnc1[C@H](c1ccccc1OC)N1CCN(c2ccc(F)cc2)CC1. The Balaban J connectivity index is 1.61. The number of aromatic nitrogens is 4. The van der Waals surface area contributed by atoms with Gasteiger partial charge in [-0.2, -0.15) is 0 Å². The molecule has 0 saturated carbocycles. The number of para-hydroxylation sites is 1. The highest BCUT2D eigenvalue weighted by Crippen LogP contribution is 2.34. The zero-order valence-electron chi connectivity index (χ0n) is 17.8. The Labute approximate surface area is 181 Å². The second kappa shape index (κ2) is 9.84. The fourth-order valence-electron chi connectivity index (χ4n) is 4.03. The quantitative estimate of drug-likeness (QED) is 0.548. The Hall–Kier alpha value is -3.04. The van der Waals surface area contributed by atoms with Gasteiger partial charge in [-0.1, -0.05) is 18.2 Å². The van der Waals surface area contributed by atoms with Crippen molar-refractivity contribution in [3.05, 3.63) is 65.7 Å².